The Morgan fingerprint density at radius 1 is 1.44 bits per heavy atom. The lowest BCUT2D eigenvalue weighted by molar-refractivity contribution is 0.1000. The number of hydrogen-bond acceptors (Lipinski definition) is 3. The Kier molecular flexibility index (Phi) is 2.38. The second-order valence-electron chi connectivity index (χ2n) is 3.79. The molecule has 0 radical (unpaired) electrons. The number of nitrogens with two attached hydrogens (primary N) is 1. The van der Waals surface area contributed by atoms with E-state index in [9.17, 15) is 13.2 Å². The summed E-state index contributed by atoms with van der Waals surface area (Å²) in [4.78, 5) is 11.0. The van der Waals surface area contributed by atoms with Gasteiger partial charge in [0.05, 0.1) is 11.9 Å². The van der Waals surface area contributed by atoms with E-state index in [1.807, 2.05) is 0 Å². The molecule has 1 aliphatic rings. The quantitative estimate of drug-likeness (QED) is 0.796. The SMILES string of the molecule is CS(=O)(=O)N1CCc2cc(C(N)=O)ccc21. The average molecular weight is 240 g/mol. The molecule has 0 bridgehead atoms. The van der Waals surface area contributed by atoms with Crippen LogP contribution in [0.2, 0.25) is 0 Å². The van der Waals surface area contributed by atoms with E-state index in [0.717, 1.165) is 5.56 Å². The molecule has 1 heterocycles. The number of benzene rings is 1. The molecule has 0 saturated heterocycles. The molecule has 0 aliphatic carbocycles. The van der Waals surface area contributed by atoms with Crippen LogP contribution in [0.1, 0.15) is 15.9 Å². The van der Waals surface area contributed by atoms with Gasteiger partial charge in [-0.25, -0.2) is 8.42 Å². The molecule has 0 spiro atoms. The first kappa shape index (κ1) is 10.9. The lowest BCUT2D eigenvalue weighted by Crippen LogP contribution is -2.27. The Balaban J connectivity index is 2.48. The van der Waals surface area contributed by atoms with Crippen LogP contribution in [-0.4, -0.2) is 27.1 Å². The highest BCUT2D eigenvalue weighted by molar-refractivity contribution is 7.92. The van der Waals surface area contributed by atoms with Crippen molar-refractivity contribution in [3.8, 4) is 0 Å². The lowest BCUT2D eigenvalue weighted by atomic mass is 10.1. The van der Waals surface area contributed by atoms with Crippen LogP contribution in [0.3, 0.4) is 0 Å². The van der Waals surface area contributed by atoms with Crippen LogP contribution in [0.4, 0.5) is 5.69 Å². The zero-order valence-corrected chi connectivity index (χ0v) is 9.62. The maximum Gasteiger partial charge on any atom is 0.248 e. The topological polar surface area (TPSA) is 80.5 Å². The standard InChI is InChI=1S/C10H12N2O3S/c1-16(14,15)12-5-4-7-6-8(10(11)13)2-3-9(7)12/h2-3,6H,4-5H2,1H3,(H2,11,13). The van der Waals surface area contributed by atoms with Crippen molar-refractivity contribution >= 4 is 21.6 Å². The van der Waals surface area contributed by atoms with Gasteiger partial charge < -0.3 is 5.73 Å². The number of carbonyl (C=O) groups is 1. The summed E-state index contributed by atoms with van der Waals surface area (Å²) < 4.78 is 24.2. The van der Waals surface area contributed by atoms with Crippen LogP contribution >= 0.6 is 0 Å². The lowest BCUT2D eigenvalue weighted by Gasteiger charge is -2.16. The molecule has 1 aromatic carbocycles. The summed E-state index contributed by atoms with van der Waals surface area (Å²) in [5, 5.41) is 0. The molecule has 2 rings (SSSR count). The molecule has 1 aromatic rings. The monoisotopic (exact) mass is 240 g/mol. The molecule has 0 fully saturated rings. The molecule has 0 saturated carbocycles. The van der Waals surface area contributed by atoms with Gasteiger partial charge in [0, 0.05) is 12.1 Å². The van der Waals surface area contributed by atoms with Gasteiger partial charge in [-0.15, -0.1) is 0 Å². The maximum absolute atomic E-state index is 11.4. The molecule has 6 heteroatoms. The van der Waals surface area contributed by atoms with Gasteiger partial charge in [0.15, 0.2) is 0 Å². The van der Waals surface area contributed by atoms with Gasteiger partial charge in [0.2, 0.25) is 15.9 Å². The highest BCUT2D eigenvalue weighted by Crippen LogP contribution is 2.30. The number of fused-ring (bicyclic) bond motifs is 1. The van der Waals surface area contributed by atoms with Gasteiger partial charge in [-0.2, -0.15) is 0 Å². The molecule has 2 N–H and O–H groups in total. The van der Waals surface area contributed by atoms with E-state index in [4.69, 9.17) is 5.73 Å². The van der Waals surface area contributed by atoms with E-state index in [2.05, 4.69) is 0 Å². The number of carbonyl (C=O) groups excluding carboxylic acids is 1. The maximum atomic E-state index is 11.4. The van der Waals surface area contributed by atoms with Gasteiger partial charge in [-0.05, 0) is 30.2 Å². The third-order valence-corrected chi connectivity index (χ3v) is 3.80. The molecule has 16 heavy (non-hydrogen) atoms. The van der Waals surface area contributed by atoms with Crippen molar-refractivity contribution in [2.75, 3.05) is 17.1 Å². The fraction of sp³-hybridized carbons (Fsp3) is 0.300. The first-order chi connectivity index (χ1) is 7.39. The van der Waals surface area contributed by atoms with E-state index in [0.29, 0.717) is 24.2 Å². The molecule has 0 atom stereocenters. The smallest absolute Gasteiger partial charge is 0.248 e. The van der Waals surface area contributed by atoms with Gasteiger partial charge in [-0.3, -0.25) is 9.10 Å². The van der Waals surface area contributed by atoms with Crippen LogP contribution in [0, 0.1) is 0 Å². The Labute approximate surface area is 93.9 Å². The molecule has 1 aliphatic heterocycles. The van der Waals surface area contributed by atoms with Crippen molar-refractivity contribution in [2.24, 2.45) is 5.73 Å². The van der Waals surface area contributed by atoms with Gasteiger partial charge in [0.1, 0.15) is 0 Å². The van der Waals surface area contributed by atoms with E-state index < -0.39 is 15.9 Å². The predicted molar refractivity (Wildman–Crippen MR) is 60.9 cm³/mol. The van der Waals surface area contributed by atoms with Crippen molar-refractivity contribution in [3.05, 3.63) is 29.3 Å². The molecule has 0 aromatic heterocycles. The Bertz CT molecular complexity index is 551. The van der Waals surface area contributed by atoms with Crippen LogP contribution in [0.5, 0.6) is 0 Å². The Hall–Kier alpha value is -1.56. The number of nitrogens with zero attached hydrogens (tertiary/aromatic N) is 1. The van der Waals surface area contributed by atoms with Gasteiger partial charge in [0.25, 0.3) is 0 Å². The second-order valence-corrected chi connectivity index (χ2v) is 5.70. The summed E-state index contributed by atoms with van der Waals surface area (Å²) in [5.41, 5.74) is 7.06. The fourth-order valence-corrected chi connectivity index (χ4v) is 2.83. The highest BCUT2D eigenvalue weighted by Gasteiger charge is 2.26. The zero-order chi connectivity index (χ0) is 11.9. The molecule has 0 unspecified atom stereocenters. The van der Waals surface area contributed by atoms with Crippen LogP contribution in [0.15, 0.2) is 18.2 Å². The summed E-state index contributed by atoms with van der Waals surface area (Å²) in [7, 11) is -3.23. The minimum Gasteiger partial charge on any atom is -0.366 e. The van der Waals surface area contributed by atoms with Gasteiger partial charge >= 0.3 is 0 Å². The zero-order valence-electron chi connectivity index (χ0n) is 8.80. The first-order valence-corrected chi connectivity index (χ1v) is 6.65. The molecular formula is C10H12N2O3S. The summed E-state index contributed by atoms with van der Waals surface area (Å²) in [6, 6.07) is 4.83. The summed E-state index contributed by atoms with van der Waals surface area (Å²) >= 11 is 0. The first-order valence-electron chi connectivity index (χ1n) is 4.80. The number of anilines is 1. The minimum atomic E-state index is -3.23. The third kappa shape index (κ3) is 1.76. The molecule has 86 valence electrons. The van der Waals surface area contributed by atoms with E-state index in [-0.39, 0.29) is 0 Å². The van der Waals surface area contributed by atoms with E-state index >= 15 is 0 Å². The van der Waals surface area contributed by atoms with Crippen molar-refractivity contribution < 1.29 is 13.2 Å². The normalized spacial score (nSPS) is 14.9. The highest BCUT2D eigenvalue weighted by atomic mass is 32.2. The molecule has 1 amide bonds. The summed E-state index contributed by atoms with van der Waals surface area (Å²) in [5.74, 6) is -0.499. The Morgan fingerprint density at radius 2 is 2.12 bits per heavy atom. The van der Waals surface area contributed by atoms with Crippen LogP contribution in [0.25, 0.3) is 0 Å². The predicted octanol–water partition coefficient (Wildman–Crippen LogP) is 0.108. The van der Waals surface area contributed by atoms with Crippen LogP contribution in [-0.2, 0) is 16.4 Å². The van der Waals surface area contributed by atoms with E-state index in [1.54, 1.807) is 18.2 Å². The summed E-state index contributed by atoms with van der Waals surface area (Å²) in [6.45, 7) is 0.427. The van der Waals surface area contributed by atoms with E-state index in [1.165, 1.54) is 10.6 Å². The number of hydrogen-bond donors (Lipinski definition) is 1. The van der Waals surface area contributed by atoms with Crippen molar-refractivity contribution in [3.63, 3.8) is 0 Å². The molecule has 5 nitrogen and oxygen atoms in total. The minimum absolute atomic E-state index is 0.411. The fourth-order valence-electron chi connectivity index (χ4n) is 1.87. The molecular weight excluding hydrogens is 228 g/mol. The third-order valence-electron chi connectivity index (χ3n) is 2.62. The average Bonchev–Trinajstić information content (AvgIpc) is 2.58. The van der Waals surface area contributed by atoms with Crippen molar-refractivity contribution in [2.45, 2.75) is 6.42 Å². The number of amides is 1. The largest absolute Gasteiger partial charge is 0.366 e. The van der Waals surface area contributed by atoms with Crippen LogP contribution < -0.4 is 10.0 Å². The summed E-state index contributed by atoms with van der Waals surface area (Å²) in [6.07, 6.45) is 1.79. The number of primary amides is 1. The second kappa shape index (κ2) is 3.48. The van der Waals surface area contributed by atoms with Gasteiger partial charge in [-0.1, -0.05) is 0 Å². The van der Waals surface area contributed by atoms with Crippen molar-refractivity contribution in [1.82, 2.24) is 0 Å². The van der Waals surface area contributed by atoms with Crippen molar-refractivity contribution in [1.29, 1.82) is 0 Å². The number of rotatable bonds is 2. The number of sulfonamides is 1. The Morgan fingerprint density at radius 3 is 2.69 bits per heavy atom.